The van der Waals surface area contributed by atoms with E-state index < -0.39 is 89.8 Å². The molecule has 0 radical (unpaired) electrons. The third-order valence-electron chi connectivity index (χ3n) is 10.2. The molecule has 19 nitrogen and oxygen atoms in total. The van der Waals surface area contributed by atoms with E-state index in [0.717, 1.165) is 62.1 Å². The van der Waals surface area contributed by atoms with Crippen molar-refractivity contribution >= 4 is 33.4 Å². The lowest BCUT2D eigenvalue weighted by molar-refractivity contribution is -0.161. The van der Waals surface area contributed by atoms with E-state index >= 15 is 0 Å². The van der Waals surface area contributed by atoms with Crippen molar-refractivity contribution < 1.29 is 71.4 Å². The van der Waals surface area contributed by atoms with Gasteiger partial charge in [0.05, 0.1) is 19.3 Å². The van der Waals surface area contributed by atoms with Crippen molar-refractivity contribution in [2.24, 2.45) is 5.92 Å². The van der Waals surface area contributed by atoms with Crippen LogP contribution in [0.25, 0.3) is 0 Å². The van der Waals surface area contributed by atoms with Crippen LogP contribution in [0.15, 0.2) is 77.8 Å². The SMILES string of the molecule is CC/C=C\C/C=C\CC(O)/C=C/C=C\C/C=C\CCCC(=O)OC[C@H](COP(=O)(O)OP(=O)(O)OC[C@H]1O[C@@H](n2ccc(N)nc2=O)[C@H](O)[C@@H]1O)OC(=O)CCCCCCCCC(C)CC. The maximum absolute atomic E-state index is 12.8. The predicted octanol–water partition coefficient (Wildman–Crippen LogP) is 7.21. The third-order valence-corrected chi connectivity index (χ3v) is 12.8. The lowest BCUT2D eigenvalue weighted by Crippen LogP contribution is -2.36. The van der Waals surface area contributed by atoms with E-state index in [0.29, 0.717) is 38.0 Å². The van der Waals surface area contributed by atoms with E-state index in [1.807, 2.05) is 36.5 Å². The van der Waals surface area contributed by atoms with E-state index in [1.165, 1.54) is 12.5 Å². The molecule has 374 valence electrons. The first-order valence-electron chi connectivity index (χ1n) is 22.8. The molecule has 0 saturated carbocycles. The summed E-state index contributed by atoms with van der Waals surface area (Å²) in [4.78, 5) is 61.6. The Morgan fingerprint density at radius 1 is 0.864 bits per heavy atom. The summed E-state index contributed by atoms with van der Waals surface area (Å²) < 4.78 is 56.4. The van der Waals surface area contributed by atoms with Crippen molar-refractivity contribution in [1.82, 2.24) is 9.55 Å². The molecule has 9 atom stereocenters. The van der Waals surface area contributed by atoms with Gasteiger partial charge in [0.2, 0.25) is 0 Å². The third kappa shape index (κ3) is 26.1. The second kappa shape index (κ2) is 33.0. The van der Waals surface area contributed by atoms with Crippen LogP contribution in [-0.4, -0.2) is 96.9 Å². The van der Waals surface area contributed by atoms with Crippen LogP contribution in [0.4, 0.5) is 5.82 Å². The molecular formula is C45H73N3O16P2. The normalized spacial score (nSPS) is 21.2. The van der Waals surface area contributed by atoms with E-state index in [9.17, 15) is 48.6 Å². The van der Waals surface area contributed by atoms with Gasteiger partial charge in [0.1, 0.15) is 30.7 Å². The Balaban J connectivity index is 1.87. The standard InChI is InChI=1S/C45H73N3O16P2/c1-4-6-7-8-16-21-26-36(49)27-22-17-11-9-10-12-18-23-28-40(50)59-32-37(62-41(51)29-24-19-14-13-15-20-25-35(3)5-2)33-60-65(55,56)64-66(57,58)61-34-38-42(52)43(53)44(63-38)48-31-30-39(46)47-45(48)54/h6-7,10-12,16-17,21-22,27,30-31,35-38,42-44,49,52-53H,4-5,8-9,13-15,18-20,23-26,28-29,32-34H2,1-3H3,(H,55,56)(H,57,58)(H2,46,47,54)/b7-6-,12-10-,17-11-,21-16-,27-22+/t35?,36?,37-,38-,42-,43-,44-/m1/s1. The van der Waals surface area contributed by atoms with Crippen LogP contribution >= 0.6 is 15.6 Å². The minimum absolute atomic E-state index is 0.0143. The molecular weight excluding hydrogens is 900 g/mol. The van der Waals surface area contributed by atoms with Gasteiger partial charge in [-0.1, -0.05) is 126 Å². The fourth-order valence-electron chi connectivity index (χ4n) is 6.29. The molecule has 21 heteroatoms. The Hall–Kier alpha value is -3.58. The van der Waals surface area contributed by atoms with Gasteiger partial charge in [-0.05, 0) is 56.9 Å². The van der Waals surface area contributed by atoms with Crippen LogP contribution < -0.4 is 11.4 Å². The minimum atomic E-state index is -5.44. The maximum atomic E-state index is 12.8. The van der Waals surface area contributed by atoms with Gasteiger partial charge in [0.25, 0.3) is 0 Å². The number of aliphatic hydroxyl groups excluding tert-OH is 3. The average molecular weight is 974 g/mol. The number of carbonyl (C=O) groups is 2. The van der Waals surface area contributed by atoms with Gasteiger partial charge in [-0.25, -0.2) is 13.9 Å². The quantitative estimate of drug-likeness (QED) is 0.0129. The zero-order valence-corrected chi connectivity index (χ0v) is 40.3. The minimum Gasteiger partial charge on any atom is -0.462 e. The summed E-state index contributed by atoms with van der Waals surface area (Å²) >= 11 is 0. The number of rotatable bonds is 35. The summed E-state index contributed by atoms with van der Waals surface area (Å²) in [6.45, 7) is 4.08. The second-order valence-corrected chi connectivity index (χ2v) is 19.0. The van der Waals surface area contributed by atoms with Crippen LogP contribution in [0.2, 0.25) is 0 Å². The second-order valence-electron chi connectivity index (χ2n) is 16.0. The number of nitrogen functional groups attached to an aromatic ring is 1. The summed E-state index contributed by atoms with van der Waals surface area (Å²) in [7, 11) is -10.9. The van der Waals surface area contributed by atoms with Crippen LogP contribution in [0.3, 0.4) is 0 Å². The van der Waals surface area contributed by atoms with Crippen molar-refractivity contribution in [1.29, 1.82) is 0 Å². The van der Waals surface area contributed by atoms with Gasteiger partial charge in [-0.15, -0.1) is 0 Å². The molecule has 2 rings (SSSR count). The fourth-order valence-corrected chi connectivity index (χ4v) is 8.40. The summed E-state index contributed by atoms with van der Waals surface area (Å²) in [6, 6.07) is 1.24. The van der Waals surface area contributed by atoms with Gasteiger partial charge >= 0.3 is 33.3 Å². The zero-order chi connectivity index (χ0) is 48.8. The number of aliphatic hydroxyl groups is 3. The van der Waals surface area contributed by atoms with Gasteiger partial charge in [0.15, 0.2) is 12.3 Å². The van der Waals surface area contributed by atoms with Crippen molar-refractivity contribution in [3.8, 4) is 0 Å². The lowest BCUT2D eigenvalue weighted by atomic mass is 10.00. The Kier molecular flexibility index (Phi) is 29.3. The smallest absolute Gasteiger partial charge is 0.462 e. The van der Waals surface area contributed by atoms with Crippen LogP contribution in [0.5, 0.6) is 0 Å². The number of hydrogen-bond acceptors (Lipinski definition) is 16. The molecule has 66 heavy (non-hydrogen) atoms. The average Bonchev–Trinajstić information content (AvgIpc) is 3.54. The van der Waals surface area contributed by atoms with Crippen molar-refractivity contribution in [2.45, 2.75) is 160 Å². The number of nitrogens with zero attached hydrogens (tertiary/aromatic N) is 2. The molecule has 4 unspecified atom stereocenters. The largest absolute Gasteiger partial charge is 0.481 e. The highest BCUT2D eigenvalue weighted by molar-refractivity contribution is 7.61. The molecule has 0 bridgehead atoms. The number of anilines is 1. The van der Waals surface area contributed by atoms with Crippen LogP contribution in [0, 0.1) is 5.92 Å². The van der Waals surface area contributed by atoms with Crippen molar-refractivity contribution in [3.63, 3.8) is 0 Å². The first-order chi connectivity index (χ1) is 31.5. The van der Waals surface area contributed by atoms with Crippen molar-refractivity contribution in [3.05, 3.63) is 83.5 Å². The van der Waals surface area contributed by atoms with Crippen molar-refractivity contribution in [2.75, 3.05) is 25.6 Å². The topological polar surface area (TPSA) is 286 Å². The fraction of sp³-hybridized carbons (Fsp3) is 0.644. The highest BCUT2D eigenvalue weighted by Crippen LogP contribution is 2.60. The summed E-state index contributed by atoms with van der Waals surface area (Å²) in [6.07, 6.45) is 23.9. The predicted molar refractivity (Wildman–Crippen MR) is 248 cm³/mol. The summed E-state index contributed by atoms with van der Waals surface area (Å²) in [5, 5.41) is 30.9. The van der Waals surface area contributed by atoms with Gasteiger partial charge in [-0.3, -0.25) is 23.2 Å². The first-order valence-corrected chi connectivity index (χ1v) is 25.8. The number of nitrogens with two attached hydrogens (primary N) is 1. The van der Waals surface area contributed by atoms with E-state index in [2.05, 4.69) is 42.2 Å². The van der Waals surface area contributed by atoms with Gasteiger partial charge in [-0.2, -0.15) is 9.29 Å². The zero-order valence-electron chi connectivity index (χ0n) is 38.5. The number of unbranched alkanes of at least 4 members (excludes halogenated alkanes) is 6. The molecule has 2 heterocycles. The molecule has 0 spiro atoms. The molecule has 1 saturated heterocycles. The molecule has 1 aromatic rings. The number of hydrogen-bond donors (Lipinski definition) is 6. The summed E-state index contributed by atoms with van der Waals surface area (Å²) in [5.41, 5.74) is 4.56. The number of phosphoric acid groups is 2. The molecule has 1 aliphatic heterocycles. The molecule has 0 aromatic carbocycles. The van der Waals surface area contributed by atoms with Gasteiger partial charge in [0, 0.05) is 19.0 Å². The van der Waals surface area contributed by atoms with E-state index in [-0.39, 0.29) is 18.7 Å². The Bertz CT molecular complexity index is 1870. The molecule has 0 amide bonds. The van der Waals surface area contributed by atoms with Crippen LogP contribution in [-0.2, 0) is 46.3 Å². The highest BCUT2D eigenvalue weighted by atomic mass is 31.3. The first kappa shape index (κ1) is 58.5. The number of aromatic nitrogens is 2. The van der Waals surface area contributed by atoms with E-state index in [1.54, 1.807) is 12.2 Å². The molecule has 1 aromatic heterocycles. The Labute approximate surface area is 388 Å². The molecule has 1 fully saturated rings. The maximum Gasteiger partial charge on any atom is 0.481 e. The number of esters is 2. The Morgan fingerprint density at radius 2 is 1.53 bits per heavy atom. The summed E-state index contributed by atoms with van der Waals surface area (Å²) in [5.74, 6) is -0.723. The number of carbonyl (C=O) groups excluding carboxylic acids is 2. The lowest BCUT2D eigenvalue weighted by Gasteiger charge is -2.21. The van der Waals surface area contributed by atoms with E-state index in [4.69, 9.17) is 29.0 Å². The molecule has 1 aliphatic rings. The van der Waals surface area contributed by atoms with Crippen LogP contribution in [0.1, 0.15) is 130 Å². The highest BCUT2D eigenvalue weighted by Gasteiger charge is 2.46. The Morgan fingerprint density at radius 3 is 2.26 bits per heavy atom. The number of phosphoric ester groups is 2. The van der Waals surface area contributed by atoms with Gasteiger partial charge < -0.3 is 45.1 Å². The monoisotopic (exact) mass is 973 g/mol. The number of allylic oxidation sites excluding steroid dienone is 8. The molecule has 0 aliphatic carbocycles. The number of ether oxygens (including phenoxy) is 3. The molecule has 7 N–H and O–H groups in total.